The minimum atomic E-state index is 0.170. The quantitative estimate of drug-likeness (QED) is 0.886. The second kappa shape index (κ2) is 6.72. The first-order valence-corrected chi connectivity index (χ1v) is 7.24. The zero-order valence-electron chi connectivity index (χ0n) is 13.3. The van der Waals surface area contributed by atoms with Gasteiger partial charge in [0, 0.05) is 12.6 Å². The highest BCUT2D eigenvalue weighted by atomic mass is 16.5. The fourth-order valence-electron chi connectivity index (χ4n) is 1.92. The van der Waals surface area contributed by atoms with Crippen molar-refractivity contribution in [2.45, 2.75) is 39.3 Å². The standard InChI is InChI=1S/C16H24N4O/c1-16(2,3)18-10-9-13-5-7-14(8-6-13)11-21-15-17-12-20(4)19-15/h5-8,12,18H,9-11H2,1-4H3. The Morgan fingerprint density at radius 1 is 1.14 bits per heavy atom. The van der Waals surface area contributed by atoms with Crippen LogP contribution in [0.5, 0.6) is 6.01 Å². The van der Waals surface area contributed by atoms with Crippen molar-refractivity contribution in [3.63, 3.8) is 0 Å². The van der Waals surface area contributed by atoms with Gasteiger partial charge in [-0.1, -0.05) is 24.3 Å². The number of benzene rings is 1. The molecule has 2 rings (SSSR count). The van der Waals surface area contributed by atoms with Gasteiger partial charge in [0.05, 0.1) is 0 Å². The van der Waals surface area contributed by atoms with Gasteiger partial charge in [0.15, 0.2) is 0 Å². The predicted octanol–water partition coefficient (Wildman–Crippen LogP) is 2.32. The zero-order chi connectivity index (χ0) is 15.3. The summed E-state index contributed by atoms with van der Waals surface area (Å²) in [6, 6.07) is 8.89. The third-order valence-electron chi connectivity index (χ3n) is 3.04. The number of ether oxygens (including phenoxy) is 1. The van der Waals surface area contributed by atoms with Crippen molar-refractivity contribution in [1.82, 2.24) is 20.1 Å². The molecular formula is C16H24N4O. The highest BCUT2D eigenvalue weighted by Crippen LogP contribution is 2.09. The first kappa shape index (κ1) is 15.5. The van der Waals surface area contributed by atoms with E-state index in [1.165, 1.54) is 5.56 Å². The molecular weight excluding hydrogens is 264 g/mol. The summed E-state index contributed by atoms with van der Waals surface area (Å²) in [7, 11) is 1.82. The lowest BCUT2D eigenvalue weighted by Crippen LogP contribution is -2.37. The minimum absolute atomic E-state index is 0.170. The lowest BCUT2D eigenvalue weighted by atomic mass is 10.1. The van der Waals surface area contributed by atoms with Crippen molar-refractivity contribution in [3.8, 4) is 6.01 Å². The van der Waals surface area contributed by atoms with E-state index < -0.39 is 0 Å². The van der Waals surface area contributed by atoms with Gasteiger partial charge in [-0.3, -0.25) is 4.68 Å². The molecule has 0 fully saturated rings. The maximum atomic E-state index is 5.52. The Balaban J connectivity index is 1.79. The second-order valence-corrected chi connectivity index (χ2v) is 6.23. The summed E-state index contributed by atoms with van der Waals surface area (Å²) < 4.78 is 7.15. The largest absolute Gasteiger partial charge is 0.458 e. The van der Waals surface area contributed by atoms with Crippen LogP contribution < -0.4 is 10.1 Å². The normalized spacial score (nSPS) is 11.6. The van der Waals surface area contributed by atoms with Gasteiger partial charge in [-0.05, 0) is 44.9 Å². The third-order valence-corrected chi connectivity index (χ3v) is 3.04. The molecule has 5 heteroatoms. The molecule has 0 aliphatic rings. The van der Waals surface area contributed by atoms with Crippen LogP contribution in [0.25, 0.3) is 0 Å². The van der Waals surface area contributed by atoms with Crippen molar-refractivity contribution in [2.75, 3.05) is 6.54 Å². The average Bonchev–Trinajstić information content (AvgIpc) is 2.82. The van der Waals surface area contributed by atoms with E-state index in [1.807, 2.05) is 7.05 Å². The molecule has 0 spiro atoms. The molecule has 1 N–H and O–H groups in total. The van der Waals surface area contributed by atoms with Crippen LogP contribution in [0.3, 0.4) is 0 Å². The number of aromatic nitrogens is 3. The molecule has 0 atom stereocenters. The van der Waals surface area contributed by atoms with Crippen molar-refractivity contribution < 1.29 is 4.74 Å². The van der Waals surface area contributed by atoms with Gasteiger partial charge in [0.25, 0.3) is 0 Å². The lowest BCUT2D eigenvalue weighted by molar-refractivity contribution is 0.280. The fourth-order valence-corrected chi connectivity index (χ4v) is 1.92. The first-order valence-electron chi connectivity index (χ1n) is 7.24. The summed E-state index contributed by atoms with van der Waals surface area (Å²) in [5.74, 6) is 0. The molecule has 0 unspecified atom stereocenters. The molecule has 0 radical (unpaired) electrons. The van der Waals surface area contributed by atoms with Crippen LogP contribution in [0.4, 0.5) is 0 Å². The molecule has 1 heterocycles. The second-order valence-electron chi connectivity index (χ2n) is 6.23. The van der Waals surface area contributed by atoms with Gasteiger partial charge in [0.1, 0.15) is 12.9 Å². The van der Waals surface area contributed by atoms with Crippen LogP contribution in [0.2, 0.25) is 0 Å². The van der Waals surface area contributed by atoms with E-state index >= 15 is 0 Å². The van der Waals surface area contributed by atoms with E-state index in [2.05, 4.69) is 60.4 Å². The minimum Gasteiger partial charge on any atom is -0.458 e. The molecule has 0 aliphatic heterocycles. The summed E-state index contributed by atoms with van der Waals surface area (Å²) in [5, 5.41) is 7.57. The number of nitrogens with zero attached hydrogens (tertiary/aromatic N) is 3. The molecule has 1 aromatic heterocycles. The van der Waals surface area contributed by atoms with E-state index in [0.29, 0.717) is 12.6 Å². The van der Waals surface area contributed by atoms with Gasteiger partial charge < -0.3 is 10.1 Å². The van der Waals surface area contributed by atoms with E-state index in [9.17, 15) is 0 Å². The van der Waals surface area contributed by atoms with Crippen molar-refractivity contribution in [1.29, 1.82) is 0 Å². The summed E-state index contributed by atoms with van der Waals surface area (Å²) in [6.07, 6.45) is 2.65. The summed E-state index contributed by atoms with van der Waals surface area (Å²) in [5.41, 5.74) is 2.62. The topological polar surface area (TPSA) is 52.0 Å². The van der Waals surface area contributed by atoms with Crippen molar-refractivity contribution in [3.05, 3.63) is 41.7 Å². The Morgan fingerprint density at radius 3 is 2.38 bits per heavy atom. The maximum Gasteiger partial charge on any atom is 0.335 e. The van der Waals surface area contributed by atoms with E-state index in [4.69, 9.17) is 4.74 Å². The Morgan fingerprint density at radius 2 is 1.81 bits per heavy atom. The highest BCUT2D eigenvalue weighted by molar-refractivity contribution is 5.22. The van der Waals surface area contributed by atoms with Crippen LogP contribution in [0, 0.1) is 0 Å². The molecule has 0 saturated heterocycles. The van der Waals surface area contributed by atoms with Gasteiger partial charge in [-0.15, -0.1) is 5.10 Å². The van der Waals surface area contributed by atoms with E-state index in [1.54, 1.807) is 11.0 Å². The van der Waals surface area contributed by atoms with Crippen LogP contribution >= 0.6 is 0 Å². The predicted molar refractivity (Wildman–Crippen MR) is 83.2 cm³/mol. The monoisotopic (exact) mass is 288 g/mol. The summed E-state index contributed by atoms with van der Waals surface area (Å²) >= 11 is 0. The Labute approximate surface area is 126 Å². The summed E-state index contributed by atoms with van der Waals surface area (Å²) in [6.45, 7) is 8.01. The van der Waals surface area contributed by atoms with Gasteiger partial charge in [-0.2, -0.15) is 4.98 Å². The smallest absolute Gasteiger partial charge is 0.335 e. The van der Waals surface area contributed by atoms with E-state index in [-0.39, 0.29) is 5.54 Å². The van der Waals surface area contributed by atoms with Gasteiger partial charge in [0.2, 0.25) is 0 Å². The zero-order valence-corrected chi connectivity index (χ0v) is 13.3. The highest BCUT2D eigenvalue weighted by Gasteiger charge is 2.07. The molecule has 0 saturated carbocycles. The number of aryl methyl sites for hydroxylation is 1. The van der Waals surface area contributed by atoms with Gasteiger partial charge in [-0.25, -0.2) is 0 Å². The molecule has 1 aromatic carbocycles. The van der Waals surface area contributed by atoms with Crippen LogP contribution in [-0.2, 0) is 20.1 Å². The molecule has 0 amide bonds. The number of rotatable bonds is 6. The SMILES string of the molecule is Cn1cnc(OCc2ccc(CCNC(C)(C)C)cc2)n1. The van der Waals surface area contributed by atoms with Crippen LogP contribution in [0.1, 0.15) is 31.9 Å². The van der Waals surface area contributed by atoms with Crippen LogP contribution in [-0.4, -0.2) is 26.8 Å². The Bertz CT molecular complexity index is 554. The van der Waals surface area contributed by atoms with E-state index in [0.717, 1.165) is 18.5 Å². The number of hydrogen-bond donors (Lipinski definition) is 1. The summed E-state index contributed by atoms with van der Waals surface area (Å²) in [4.78, 5) is 4.03. The Kier molecular flexibility index (Phi) is 4.96. The lowest BCUT2D eigenvalue weighted by Gasteiger charge is -2.20. The molecule has 2 aromatic rings. The fraction of sp³-hybridized carbons (Fsp3) is 0.500. The molecule has 5 nitrogen and oxygen atoms in total. The van der Waals surface area contributed by atoms with Gasteiger partial charge >= 0.3 is 6.01 Å². The molecule has 0 bridgehead atoms. The van der Waals surface area contributed by atoms with Crippen molar-refractivity contribution >= 4 is 0 Å². The average molecular weight is 288 g/mol. The number of hydrogen-bond acceptors (Lipinski definition) is 4. The molecule has 0 aliphatic carbocycles. The van der Waals surface area contributed by atoms with Crippen LogP contribution in [0.15, 0.2) is 30.6 Å². The molecule has 114 valence electrons. The molecule has 21 heavy (non-hydrogen) atoms. The Hall–Kier alpha value is -1.88. The van der Waals surface area contributed by atoms with Crippen molar-refractivity contribution in [2.24, 2.45) is 7.05 Å². The first-order chi connectivity index (χ1) is 9.92. The number of nitrogens with one attached hydrogen (secondary N) is 1. The third kappa shape index (κ3) is 5.55. The maximum absolute atomic E-state index is 5.52.